The number of nitrogens with zero attached hydrogens (tertiary/aromatic N) is 1. The van der Waals surface area contributed by atoms with Crippen molar-refractivity contribution in [2.45, 2.75) is 13.0 Å². The lowest BCUT2D eigenvalue weighted by molar-refractivity contribution is 0.0929. The Labute approximate surface area is 73.2 Å². The molecule has 6 N–H and O–H groups in total. The maximum absolute atomic E-state index is 8.75. The zero-order valence-corrected chi connectivity index (χ0v) is 7.61. The fourth-order valence-corrected chi connectivity index (χ4v) is 0.925. The molecule has 0 aromatic heterocycles. The molecular formula is C7H20N2O3. The van der Waals surface area contributed by atoms with E-state index in [1.165, 1.54) is 0 Å². The molecule has 0 heterocycles. The zero-order valence-electron chi connectivity index (χ0n) is 7.61. The number of aliphatic hydroxyl groups is 3. The first-order valence-electron chi connectivity index (χ1n) is 3.82. The highest BCUT2D eigenvalue weighted by Gasteiger charge is 2.10. The van der Waals surface area contributed by atoms with Crippen molar-refractivity contribution < 1.29 is 15.3 Å². The van der Waals surface area contributed by atoms with Gasteiger partial charge in [-0.15, -0.1) is 0 Å². The highest BCUT2D eigenvalue weighted by atomic mass is 16.3. The van der Waals surface area contributed by atoms with E-state index in [0.29, 0.717) is 13.1 Å². The van der Waals surface area contributed by atoms with Crippen LogP contribution in [0.15, 0.2) is 0 Å². The third-order valence-electron chi connectivity index (χ3n) is 1.66. The average Bonchev–Trinajstić information content (AvgIpc) is 2.03. The molecule has 12 heavy (non-hydrogen) atoms. The van der Waals surface area contributed by atoms with Crippen LogP contribution in [-0.4, -0.2) is 59.2 Å². The maximum atomic E-state index is 8.75. The molecule has 0 aliphatic carbocycles. The summed E-state index contributed by atoms with van der Waals surface area (Å²) in [6.07, 6.45) is 0. The minimum atomic E-state index is 0. The highest BCUT2D eigenvalue weighted by Crippen LogP contribution is 1.95. The van der Waals surface area contributed by atoms with Gasteiger partial charge in [0.15, 0.2) is 0 Å². The number of rotatable bonds is 6. The summed E-state index contributed by atoms with van der Waals surface area (Å²) in [7, 11) is 0. The van der Waals surface area contributed by atoms with Crippen LogP contribution in [0.3, 0.4) is 0 Å². The minimum Gasteiger partial charge on any atom is -0.395 e. The molecule has 0 bridgehead atoms. The van der Waals surface area contributed by atoms with E-state index in [0.717, 1.165) is 0 Å². The van der Waals surface area contributed by atoms with E-state index in [9.17, 15) is 0 Å². The second-order valence-corrected chi connectivity index (χ2v) is 2.51. The van der Waals surface area contributed by atoms with Crippen molar-refractivity contribution in [1.82, 2.24) is 11.1 Å². The Bertz CT molecular complexity index is 86.7. The maximum Gasteiger partial charge on any atom is 0.0584 e. The van der Waals surface area contributed by atoms with Crippen molar-refractivity contribution in [3.8, 4) is 0 Å². The molecule has 5 nitrogen and oxygen atoms in total. The Kier molecular flexibility index (Phi) is 10.6. The van der Waals surface area contributed by atoms with Gasteiger partial charge < -0.3 is 21.5 Å². The van der Waals surface area contributed by atoms with Gasteiger partial charge in [-0.1, -0.05) is 0 Å². The fourth-order valence-electron chi connectivity index (χ4n) is 0.925. The van der Waals surface area contributed by atoms with E-state index in [2.05, 4.69) is 0 Å². The van der Waals surface area contributed by atoms with Gasteiger partial charge in [0.1, 0.15) is 0 Å². The van der Waals surface area contributed by atoms with Crippen molar-refractivity contribution in [2.75, 3.05) is 32.9 Å². The normalized spacial score (nSPS) is 12.8. The number of aliphatic hydroxyl groups excluding tert-OH is 3. The SMILES string of the molecule is CC(CO)N(CCO)CCO.N. The van der Waals surface area contributed by atoms with Crippen LogP contribution in [0.2, 0.25) is 0 Å². The lowest BCUT2D eigenvalue weighted by Crippen LogP contribution is -2.39. The van der Waals surface area contributed by atoms with Crippen molar-refractivity contribution in [1.29, 1.82) is 0 Å². The van der Waals surface area contributed by atoms with Crippen LogP contribution in [-0.2, 0) is 0 Å². The molecule has 0 fully saturated rings. The summed E-state index contributed by atoms with van der Waals surface area (Å²) < 4.78 is 0. The predicted molar refractivity (Wildman–Crippen MR) is 47.3 cm³/mol. The van der Waals surface area contributed by atoms with E-state index in [4.69, 9.17) is 15.3 Å². The summed E-state index contributed by atoms with van der Waals surface area (Å²) in [4.78, 5) is 1.83. The molecule has 0 spiro atoms. The smallest absolute Gasteiger partial charge is 0.0584 e. The predicted octanol–water partition coefficient (Wildman–Crippen LogP) is -1.18. The Morgan fingerprint density at radius 3 is 1.75 bits per heavy atom. The van der Waals surface area contributed by atoms with Gasteiger partial charge in [-0.3, -0.25) is 4.90 Å². The van der Waals surface area contributed by atoms with E-state index in [1.807, 2.05) is 11.8 Å². The largest absolute Gasteiger partial charge is 0.395 e. The van der Waals surface area contributed by atoms with Gasteiger partial charge in [-0.25, -0.2) is 0 Å². The van der Waals surface area contributed by atoms with Gasteiger partial charge in [0.25, 0.3) is 0 Å². The van der Waals surface area contributed by atoms with Crippen molar-refractivity contribution in [3.63, 3.8) is 0 Å². The van der Waals surface area contributed by atoms with Gasteiger partial charge in [-0.2, -0.15) is 0 Å². The quantitative estimate of drug-likeness (QED) is 0.412. The van der Waals surface area contributed by atoms with Crippen LogP contribution in [0.25, 0.3) is 0 Å². The van der Waals surface area contributed by atoms with Crippen LogP contribution in [0.1, 0.15) is 6.92 Å². The van der Waals surface area contributed by atoms with Gasteiger partial charge in [-0.05, 0) is 6.92 Å². The third kappa shape index (κ3) is 5.45. The average molecular weight is 180 g/mol. The second-order valence-electron chi connectivity index (χ2n) is 2.51. The summed E-state index contributed by atoms with van der Waals surface area (Å²) in [6.45, 7) is 3.03. The number of hydrogen-bond donors (Lipinski definition) is 4. The molecular weight excluding hydrogens is 160 g/mol. The fraction of sp³-hybridized carbons (Fsp3) is 1.00. The molecule has 1 atom stereocenters. The first-order chi connectivity index (χ1) is 5.26. The van der Waals surface area contributed by atoms with Crippen LogP contribution >= 0.6 is 0 Å². The summed E-state index contributed by atoms with van der Waals surface area (Å²) in [5.41, 5.74) is 0. The van der Waals surface area contributed by atoms with E-state index in [1.54, 1.807) is 0 Å². The van der Waals surface area contributed by atoms with Crippen molar-refractivity contribution in [2.24, 2.45) is 0 Å². The zero-order chi connectivity index (χ0) is 8.69. The molecule has 0 aromatic carbocycles. The highest BCUT2D eigenvalue weighted by molar-refractivity contribution is 4.64. The standard InChI is InChI=1S/C7H17NO3.H3N/c1-7(6-11)8(2-4-9)3-5-10;/h7,9-11H,2-6H2,1H3;1H3. The van der Waals surface area contributed by atoms with Crippen LogP contribution < -0.4 is 6.15 Å². The van der Waals surface area contributed by atoms with Crippen LogP contribution in [0.5, 0.6) is 0 Å². The molecule has 76 valence electrons. The lowest BCUT2D eigenvalue weighted by atomic mass is 10.3. The third-order valence-corrected chi connectivity index (χ3v) is 1.66. The Balaban J connectivity index is 0. The van der Waals surface area contributed by atoms with Crippen molar-refractivity contribution >= 4 is 0 Å². The summed E-state index contributed by atoms with van der Waals surface area (Å²) in [5, 5.41) is 26.0. The van der Waals surface area contributed by atoms with E-state index >= 15 is 0 Å². The topological polar surface area (TPSA) is 98.9 Å². The Hall–Kier alpha value is -0.200. The van der Waals surface area contributed by atoms with Gasteiger partial charge in [0.2, 0.25) is 0 Å². The molecule has 0 aliphatic rings. The molecule has 0 aliphatic heterocycles. The lowest BCUT2D eigenvalue weighted by Gasteiger charge is -2.25. The summed E-state index contributed by atoms with van der Waals surface area (Å²) in [5.74, 6) is 0. The van der Waals surface area contributed by atoms with Crippen LogP contribution in [0.4, 0.5) is 0 Å². The monoisotopic (exact) mass is 180 g/mol. The van der Waals surface area contributed by atoms with Crippen LogP contribution in [0, 0.1) is 0 Å². The molecule has 0 aromatic rings. The molecule has 0 amide bonds. The molecule has 0 saturated carbocycles. The summed E-state index contributed by atoms with van der Waals surface area (Å²) in [6, 6.07) is 0.00861. The first-order valence-corrected chi connectivity index (χ1v) is 3.82. The summed E-state index contributed by atoms with van der Waals surface area (Å²) >= 11 is 0. The second kappa shape index (κ2) is 8.89. The van der Waals surface area contributed by atoms with Crippen molar-refractivity contribution in [3.05, 3.63) is 0 Å². The van der Waals surface area contributed by atoms with Gasteiger partial charge in [0, 0.05) is 19.1 Å². The Morgan fingerprint density at radius 1 is 1.08 bits per heavy atom. The molecule has 0 rings (SSSR count). The molecule has 5 heteroatoms. The van der Waals surface area contributed by atoms with Gasteiger partial charge >= 0.3 is 0 Å². The molecule has 0 saturated heterocycles. The van der Waals surface area contributed by atoms with E-state index < -0.39 is 0 Å². The molecule has 1 unspecified atom stereocenters. The van der Waals surface area contributed by atoms with Gasteiger partial charge in [0.05, 0.1) is 19.8 Å². The first kappa shape index (κ1) is 14.3. The Morgan fingerprint density at radius 2 is 1.50 bits per heavy atom. The minimum absolute atomic E-state index is 0. The number of hydrogen-bond acceptors (Lipinski definition) is 5. The van der Waals surface area contributed by atoms with E-state index in [-0.39, 0.29) is 32.0 Å². The molecule has 0 radical (unpaired) electrons.